The molecule has 21 heavy (non-hydrogen) atoms. The Hall–Kier alpha value is -3.20. The smallest absolute Gasteiger partial charge is 0.287 e. The molecule has 3 aromatic rings. The number of aromatic nitrogens is 2. The van der Waals surface area contributed by atoms with Crippen molar-refractivity contribution in [2.45, 2.75) is 6.92 Å². The number of aryl methyl sites for hydroxylation is 1. The summed E-state index contributed by atoms with van der Waals surface area (Å²) in [5.41, 5.74) is 2.26. The summed E-state index contributed by atoms with van der Waals surface area (Å²) < 4.78 is 1.87. The van der Waals surface area contributed by atoms with E-state index in [-0.39, 0.29) is 11.3 Å². The Morgan fingerprint density at radius 2 is 2.05 bits per heavy atom. The molecule has 0 fully saturated rings. The van der Waals surface area contributed by atoms with Crippen molar-refractivity contribution in [2.75, 3.05) is 0 Å². The molecule has 0 atom stereocenters. The Balaban J connectivity index is 2.27. The first-order chi connectivity index (χ1) is 10.1. The minimum absolute atomic E-state index is 0.0367. The van der Waals surface area contributed by atoms with Crippen LogP contribution in [0.25, 0.3) is 16.7 Å². The van der Waals surface area contributed by atoms with E-state index < -0.39 is 4.92 Å². The highest BCUT2D eigenvalue weighted by Crippen LogP contribution is 2.25. The van der Waals surface area contributed by atoms with Gasteiger partial charge in [-0.05, 0) is 31.2 Å². The van der Waals surface area contributed by atoms with Crippen LogP contribution in [0.5, 0.6) is 0 Å². The number of nitriles is 1. The van der Waals surface area contributed by atoms with Gasteiger partial charge in [-0.25, -0.2) is 4.98 Å². The molecule has 0 N–H and O–H groups in total. The first-order valence-corrected chi connectivity index (χ1v) is 6.25. The van der Waals surface area contributed by atoms with Crippen molar-refractivity contribution in [1.29, 1.82) is 5.26 Å². The summed E-state index contributed by atoms with van der Waals surface area (Å²) in [6.07, 6.45) is 0. The summed E-state index contributed by atoms with van der Waals surface area (Å²) in [6, 6.07) is 14.0. The van der Waals surface area contributed by atoms with Crippen LogP contribution in [0.4, 0.5) is 5.69 Å². The fraction of sp³-hybridized carbons (Fsp3) is 0.0667. The average molecular weight is 278 g/mol. The molecule has 0 bridgehead atoms. The van der Waals surface area contributed by atoms with Gasteiger partial charge in [-0.2, -0.15) is 5.26 Å². The largest absolute Gasteiger partial charge is 0.296 e. The number of para-hydroxylation sites is 2. The van der Waals surface area contributed by atoms with Gasteiger partial charge in [0.1, 0.15) is 17.5 Å². The van der Waals surface area contributed by atoms with E-state index in [9.17, 15) is 10.1 Å². The van der Waals surface area contributed by atoms with Gasteiger partial charge < -0.3 is 0 Å². The Morgan fingerprint density at radius 3 is 2.76 bits per heavy atom. The van der Waals surface area contributed by atoms with E-state index in [2.05, 4.69) is 4.98 Å². The van der Waals surface area contributed by atoms with E-state index in [4.69, 9.17) is 5.26 Å². The Bertz CT molecular complexity index is 906. The molecule has 0 saturated heterocycles. The van der Waals surface area contributed by atoms with Gasteiger partial charge in [0.05, 0.1) is 16.0 Å². The lowest BCUT2D eigenvalue weighted by atomic mass is 10.1. The fourth-order valence-electron chi connectivity index (χ4n) is 2.38. The predicted molar refractivity (Wildman–Crippen MR) is 77.2 cm³/mol. The van der Waals surface area contributed by atoms with E-state index in [0.717, 1.165) is 16.9 Å². The lowest BCUT2D eigenvalue weighted by molar-refractivity contribution is -0.385. The Kier molecular flexibility index (Phi) is 2.88. The standard InChI is InChI=1S/C15H10N4O2/c1-10-17-13-4-2-3-5-15(13)18(10)12-6-7-14(19(20)21)11(8-12)9-16/h2-8H,1H3. The van der Waals surface area contributed by atoms with Crippen LogP contribution in [0.2, 0.25) is 0 Å². The van der Waals surface area contributed by atoms with Crippen LogP contribution >= 0.6 is 0 Å². The van der Waals surface area contributed by atoms with Crippen molar-refractivity contribution in [3.63, 3.8) is 0 Å². The lowest BCUT2D eigenvalue weighted by Gasteiger charge is -2.07. The molecule has 3 rings (SSSR count). The third kappa shape index (κ3) is 2.01. The van der Waals surface area contributed by atoms with Crippen molar-refractivity contribution < 1.29 is 4.92 Å². The first kappa shape index (κ1) is 12.8. The summed E-state index contributed by atoms with van der Waals surface area (Å²) in [6.45, 7) is 1.85. The molecule has 102 valence electrons. The van der Waals surface area contributed by atoms with Gasteiger partial charge in [0.25, 0.3) is 5.69 Å². The summed E-state index contributed by atoms with van der Waals surface area (Å²) in [7, 11) is 0. The van der Waals surface area contributed by atoms with E-state index in [1.807, 2.05) is 41.8 Å². The molecule has 0 aliphatic heterocycles. The van der Waals surface area contributed by atoms with E-state index in [1.165, 1.54) is 12.1 Å². The molecule has 0 amide bonds. The maximum Gasteiger partial charge on any atom is 0.287 e. The van der Waals surface area contributed by atoms with Gasteiger partial charge in [-0.15, -0.1) is 0 Å². The van der Waals surface area contributed by atoms with Crippen LogP contribution in [0.15, 0.2) is 42.5 Å². The molecule has 1 aromatic heterocycles. The highest BCUT2D eigenvalue weighted by Gasteiger charge is 2.16. The minimum Gasteiger partial charge on any atom is -0.296 e. The predicted octanol–water partition coefficient (Wildman–Crippen LogP) is 3.11. The number of hydrogen-bond donors (Lipinski definition) is 0. The van der Waals surface area contributed by atoms with E-state index in [1.54, 1.807) is 6.07 Å². The van der Waals surface area contributed by atoms with Crippen molar-refractivity contribution in [1.82, 2.24) is 9.55 Å². The molecule has 0 unspecified atom stereocenters. The molecular formula is C15H10N4O2. The maximum atomic E-state index is 10.9. The van der Waals surface area contributed by atoms with Crippen molar-refractivity contribution in [3.8, 4) is 11.8 Å². The molecule has 0 spiro atoms. The fourth-order valence-corrected chi connectivity index (χ4v) is 2.38. The third-order valence-corrected chi connectivity index (χ3v) is 3.28. The maximum absolute atomic E-state index is 10.9. The van der Waals surface area contributed by atoms with Crippen molar-refractivity contribution in [3.05, 3.63) is 64.0 Å². The number of rotatable bonds is 2. The van der Waals surface area contributed by atoms with Gasteiger partial charge >= 0.3 is 0 Å². The molecule has 0 saturated carbocycles. The number of nitrogens with zero attached hydrogens (tertiary/aromatic N) is 4. The summed E-state index contributed by atoms with van der Waals surface area (Å²) in [4.78, 5) is 14.8. The van der Waals surface area contributed by atoms with Gasteiger partial charge in [0, 0.05) is 11.8 Å². The van der Waals surface area contributed by atoms with Gasteiger partial charge in [-0.3, -0.25) is 14.7 Å². The summed E-state index contributed by atoms with van der Waals surface area (Å²) >= 11 is 0. The third-order valence-electron chi connectivity index (χ3n) is 3.28. The average Bonchev–Trinajstić information content (AvgIpc) is 2.82. The van der Waals surface area contributed by atoms with Gasteiger partial charge in [0.2, 0.25) is 0 Å². The van der Waals surface area contributed by atoms with Crippen LogP contribution < -0.4 is 0 Å². The van der Waals surface area contributed by atoms with Gasteiger partial charge in [-0.1, -0.05) is 12.1 Å². The molecule has 0 aliphatic carbocycles. The van der Waals surface area contributed by atoms with Gasteiger partial charge in [0.15, 0.2) is 0 Å². The highest BCUT2D eigenvalue weighted by atomic mass is 16.6. The second-order valence-electron chi connectivity index (χ2n) is 4.55. The van der Waals surface area contributed by atoms with Crippen LogP contribution in [-0.4, -0.2) is 14.5 Å². The zero-order chi connectivity index (χ0) is 15.0. The lowest BCUT2D eigenvalue weighted by Crippen LogP contribution is -1.99. The molecule has 0 aliphatic rings. The van der Waals surface area contributed by atoms with Crippen LogP contribution in [0.1, 0.15) is 11.4 Å². The molecule has 2 aromatic carbocycles. The first-order valence-electron chi connectivity index (χ1n) is 6.25. The second kappa shape index (κ2) is 4.72. The Morgan fingerprint density at radius 1 is 1.29 bits per heavy atom. The van der Waals surface area contributed by atoms with E-state index in [0.29, 0.717) is 5.69 Å². The second-order valence-corrected chi connectivity index (χ2v) is 4.55. The normalized spacial score (nSPS) is 10.5. The zero-order valence-electron chi connectivity index (χ0n) is 11.1. The Labute approximate surface area is 120 Å². The quantitative estimate of drug-likeness (QED) is 0.532. The molecule has 6 nitrogen and oxygen atoms in total. The molecule has 0 radical (unpaired) electrons. The number of nitro groups is 1. The van der Waals surface area contributed by atoms with Crippen LogP contribution in [-0.2, 0) is 0 Å². The zero-order valence-corrected chi connectivity index (χ0v) is 11.1. The van der Waals surface area contributed by atoms with Crippen molar-refractivity contribution >= 4 is 16.7 Å². The number of nitro benzene ring substituents is 1. The molecule has 1 heterocycles. The summed E-state index contributed by atoms with van der Waals surface area (Å²) in [5, 5.41) is 20.0. The van der Waals surface area contributed by atoms with Crippen LogP contribution in [0.3, 0.4) is 0 Å². The highest BCUT2D eigenvalue weighted by molar-refractivity contribution is 5.78. The topological polar surface area (TPSA) is 84.8 Å². The molecular weight excluding hydrogens is 268 g/mol. The number of fused-ring (bicyclic) bond motifs is 1. The van der Waals surface area contributed by atoms with Crippen LogP contribution in [0, 0.1) is 28.4 Å². The monoisotopic (exact) mass is 278 g/mol. The van der Waals surface area contributed by atoms with E-state index >= 15 is 0 Å². The molecule has 6 heteroatoms. The SMILES string of the molecule is Cc1nc2ccccc2n1-c1ccc([N+](=O)[O-])c(C#N)c1. The number of benzene rings is 2. The minimum atomic E-state index is -0.554. The van der Waals surface area contributed by atoms with Crippen molar-refractivity contribution in [2.24, 2.45) is 0 Å². The number of imidazole rings is 1. The summed E-state index contributed by atoms with van der Waals surface area (Å²) in [5.74, 6) is 0.758. The number of hydrogen-bond acceptors (Lipinski definition) is 4.